The molecule has 0 radical (unpaired) electrons. The number of nitrogens with one attached hydrogen (secondary N) is 1. The van der Waals surface area contributed by atoms with Gasteiger partial charge in [0.05, 0.1) is 12.0 Å². The lowest BCUT2D eigenvalue weighted by Crippen LogP contribution is -2.53. The van der Waals surface area contributed by atoms with Crippen molar-refractivity contribution in [3.63, 3.8) is 0 Å². The second kappa shape index (κ2) is 11.1. The molecular formula is C23H26N4O7. The number of non-ortho nitro benzene ring substituents is 1. The standard InChI is InChI=1S/C23H26N4O7/c1-33-20-10-9-17(27(31)32)12-16(20)13-18(21(24)28)25-22(29)19-8-5-11-26(19)23(30)34-14-15-6-3-2-4-7-15/h2-4,6-7,9-10,12,18-19H,5,8,11,13-14H2,1H3,(H2,24,28)(H,25,29)/t18-,19-/m1/s1. The van der Waals surface area contributed by atoms with Gasteiger partial charge in [0.1, 0.15) is 24.4 Å². The second-order valence-corrected chi connectivity index (χ2v) is 7.81. The first-order valence-electron chi connectivity index (χ1n) is 10.7. The number of hydrogen-bond donors (Lipinski definition) is 2. The van der Waals surface area contributed by atoms with E-state index in [1.165, 1.54) is 30.2 Å². The van der Waals surface area contributed by atoms with Gasteiger partial charge in [0.15, 0.2) is 0 Å². The summed E-state index contributed by atoms with van der Waals surface area (Å²) in [6.45, 7) is 0.409. The Morgan fingerprint density at radius 2 is 1.97 bits per heavy atom. The van der Waals surface area contributed by atoms with Crippen LogP contribution in [-0.2, 0) is 27.4 Å². The number of rotatable bonds is 9. The molecule has 0 bridgehead atoms. The maximum absolute atomic E-state index is 13.0. The Morgan fingerprint density at radius 1 is 1.24 bits per heavy atom. The molecular weight excluding hydrogens is 444 g/mol. The highest BCUT2D eigenvalue weighted by molar-refractivity contribution is 5.91. The van der Waals surface area contributed by atoms with E-state index >= 15 is 0 Å². The molecule has 2 aromatic rings. The smallest absolute Gasteiger partial charge is 0.410 e. The molecule has 1 heterocycles. The number of nitro benzene ring substituents is 1. The van der Waals surface area contributed by atoms with Gasteiger partial charge < -0.3 is 20.5 Å². The fourth-order valence-electron chi connectivity index (χ4n) is 3.81. The van der Waals surface area contributed by atoms with Crippen LogP contribution in [0.15, 0.2) is 48.5 Å². The molecule has 1 aliphatic rings. The largest absolute Gasteiger partial charge is 0.496 e. The number of ether oxygens (including phenoxy) is 2. The summed E-state index contributed by atoms with van der Waals surface area (Å²) < 4.78 is 10.6. The molecule has 1 aliphatic heterocycles. The van der Waals surface area contributed by atoms with E-state index in [0.717, 1.165) is 5.56 Å². The summed E-state index contributed by atoms with van der Waals surface area (Å²) >= 11 is 0. The van der Waals surface area contributed by atoms with Gasteiger partial charge >= 0.3 is 6.09 Å². The molecule has 0 aromatic heterocycles. The first-order chi connectivity index (χ1) is 16.3. The zero-order valence-electron chi connectivity index (χ0n) is 18.6. The predicted molar refractivity (Wildman–Crippen MR) is 121 cm³/mol. The molecule has 11 heteroatoms. The lowest BCUT2D eigenvalue weighted by molar-refractivity contribution is -0.384. The zero-order chi connectivity index (χ0) is 24.7. The molecule has 1 saturated heterocycles. The Hall–Kier alpha value is -4.15. The van der Waals surface area contributed by atoms with Crippen molar-refractivity contribution in [1.29, 1.82) is 0 Å². The minimum atomic E-state index is -1.16. The Balaban J connectivity index is 1.68. The second-order valence-electron chi connectivity index (χ2n) is 7.81. The number of benzene rings is 2. The van der Waals surface area contributed by atoms with Gasteiger partial charge in [-0.1, -0.05) is 30.3 Å². The summed E-state index contributed by atoms with van der Waals surface area (Å²) in [6.07, 6.45) is 0.255. The first-order valence-corrected chi connectivity index (χ1v) is 10.7. The van der Waals surface area contributed by atoms with E-state index in [2.05, 4.69) is 5.32 Å². The molecule has 3 N–H and O–H groups in total. The van der Waals surface area contributed by atoms with Crippen molar-refractivity contribution in [1.82, 2.24) is 10.2 Å². The topological polar surface area (TPSA) is 154 Å². The molecule has 0 spiro atoms. The molecule has 2 atom stereocenters. The third-order valence-electron chi connectivity index (χ3n) is 5.55. The van der Waals surface area contributed by atoms with Crippen molar-refractivity contribution < 1.29 is 28.8 Å². The van der Waals surface area contributed by atoms with Gasteiger partial charge in [-0.15, -0.1) is 0 Å². The van der Waals surface area contributed by atoms with Crippen molar-refractivity contribution >= 4 is 23.6 Å². The number of carbonyl (C=O) groups excluding carboxylic acids is 3. The molecule has 0 aliphatic carbocycles. The highest BCUT2D eigenvalue weighted by atomic mass is 16.6. The number of nitrogens with two attached hydrogens (primary N) is 1. The van der Waals surface area contributed by atoms with Crippen molar-refractivity contribution in [2.45, 2.75) is 38.0 Å². The summed E-state index contributed by atoms with van der Waals surface area (Å²) in [5, 5.41) is 13.7. The van der Waals surface area contributed by atoms with E-state index in [4.69, 9.17) is 15.2 Å². The van der Waals surface area contributed by atoms with E-state index in [0.29, 0.717) is 30.7 Å². The third-order valence-corrected chi connectivity index (χ3v) is 5.55. The minimum absolute atomic E-state index is 0.0704. The van der Waals surface area contributed by atoms with Crippen molar-refractivity contribution in [3.8, 4) is 5.75 Å². The molecule has 0 unspecified atom stereocenters. The van der Waals surface area contributed by atoms with Crippen LogP contribution in [0.5, 0.6) is 5.75 Å². The van der Waals surface area contributed by atoms with Gasteiger partial charge in [-0.25, -0.2) is 4.79 Å². The van der Waals surface area contributed by atoms with Crippen molar-refractivity contribution in [2.24, 2.45) is 5.73 Å². The summed E-state index contributed by atoms with van der Waals surface area (Å²) in [5.41, 5.74) is 6.46. The lowest BCUT2D eigenvalue weighted by atomic mass is 10.0. The average Bonchev–Trinajstić information content (AvgIpc) is 3.33. The Bertz CT molecular complexity index is 1060. The van der Waals surface area contributed by atoms with Gasteiger partial charge in [-0.3, -0.25) is 24.6 Å². The zero-order valence-corrected chi connectivity index (χ0v) is 18.6. The minimum Gasteiger partial charge on any atom is -0.496 e. The molecule has 3 amide bonds. The summed E-state index contributed by atoms with van der Waals surface area (Å²) in [7, 11) is 1.39. The van der Waals surface area contributed by atoms with E-state index < -0.39 is 34.9 Å². The van der Waals surface area contributed by atoms with Crippen LogP contribution in [0.4, 0.5) is 10.5 Å². The van der Waals surface area contributed by atoms with Gasteiger partial charge in [-0.2, -0.15) is 0 Å². The maximum atomic E-state index is 13.0. The number of carbonyl (C=O) groups is 3. The number of methoxy groups -OCH3 is 1. The number of amides is 3. The fourth-order valence-corrected chi connectivity index (χ4v) is 3.81. The number of nitro groups is 1. The number of likely N-dealkylation sites (tertiary alicyclic amines) is 1. The van der Waals surface area contributed by atoms with Crippen LogP contribution in [0.1, 0.15) is 24.0 Å². The Morgan fingerprint density at radius 3 is 2.62 bits per heavy atom. The summed E-state index contributed by atoms with van der Waals surface area (Å²) in [6, 6.07) is 11.1. The molecule has 2 aromatic carbocycles. The summed E-state index contributed by atoms with van der Waals surface area (Å²) in [5.74, 6) is -1.06. The molecule has 11 nitrogen and oxygen atoms in total. The monoisotopic (exact) mass is 470 g/mol. The molecule has 1 fully saturated rings. The van der Waals surface area contributed by atoms with Gasteiger partial charge in [0.25, 0.3) is 5.69 Å². The Labute approximate surface area is 196 Å². The van der Waals surface area contributed by atoms with Crippen LogP contribution < -0.4 is 15.8 Å². The van der Waals surface area contributed by atoms with Gasteiger partial charge in [0, 0.05) is 30.7 Å². The first kappa shape index (κ1) is 24.5. The van der Waals surface area contributed by atoms with Crippen LogP contribution in [0.3, 0.4) is 0 Å². The highest BCUT2D eigenvalue weighted by Crippen LogP contribution is 2.26. The van der Waals surface area contributed by atoms with Crippen LogP contribution >= 0.6 is 0 Å². The van der Waals surface area contributed by atoms with E-state index in [1.807, 2.05) is 30.3 Å². The average molecular weight is 470 g/mol. The van der Waals surface area contributed by atoms with Gasteiger partial charge in [-0.05, 0) is 24.5 Å². The summed E-state index contributed by atoms with van der Waals surface area (Å²) in [4.78, 5) is 49.5. The number of nitrogens with zero attached hydrogens (tertiary/aromatic N) is 2. The van der Waals surface area contributed by atoms with E-state index in [1.54, 1.807) is 0 Å². The SMILES string of the molecule is COc1ccc([N+](=O)[O-])cc1C[C@@H](NC(=O)[C@H]1CCCN1C(=O)OCc1ccccc1)C(N)=O. The van der Waals surface area contributed by atoms with Crippen LogP contribution in [0, 0.1) is 10.1 Å². The molecule has 0 saturated carbocycles. The highest BCUT2D eigenvalue weighted by Gasteiger charge is 2.36. The van der Waals surface area contributed by atoms with E-state index in [9.17, 15) is 24.5 Å². The lowest BCUT2D eigenvalue weighted by Gasteiger charge is -2.25. The maximum Gasteiger partial charge on any atom is 0.410 e. The normalized spacial score (nSPS) is 15.9. The van der Waals surface area contributed by atoms with Crippen LogP contribution in [0.25, 0.3) is 0 Å². The van der Waals surface area contributed by atoms with Crippen molar-refractivity contribution in [2.75, 3.05) is 13.7 Å². The molecule has 34 heavy (non-hydrogen) atoms. The molecule has 180 valence electrons. The predicted octanol–water partition coefficient (Wildman–Crippen LogP) is 1.92. The van der Waals surface area contributed by atoms with Crippen molar-refractivity contribution in [3.05, 3.63) is 69.8 Å². The van der Waals surface area contributed by atoms with Crippen LogP contribution in [-0.4, -0.2) is 53.5 Å². The van der Waals surface area contributed by atoms with Crippen LogP contribution in [0.2, 0.25) is 0 Å². The quantitative estimate of drug-likeness (QED) is 0.419. The molecule has 3 rings (SSSR count). The van der Waals surface area contributed by atoms with Gasteiger partial charge in [0.2, 0.25) is 11.8 Å². The van der Waals surface area contributed by atoms with E-state index in [-0.39, 0.29) is 18.7 Å². The number of primary amides is 1. The number of hydrogen-bond acceptors (Lipinski definition) is 7. The Kier molecular flexibility index (Phi) is 8.01. The fraction of sp³-hybridized carbons (Fsp3) is 0.348. The third kappa shape index (κ3) is 6.00.